The molecule has 0 saturated heterocycles. The quantitative estimate of drug-likeness (QED) is 0.388. The number of hydrogen-bond acceptors (Lipinski definition) is 5. The largest absolute Gasteiger partial charge is 0.496 e. The van der Waals surface area contributed by atoms with Gasteiger partial charge in [0.1, 0.15) is 17.4 Å². The number of imide groups is 1. The summed E-state index contributed by atoms with van der Waals surface area (Å²) in [5, 5.41) is 2.78. The molecule has 0 fully saturated rings. The smallest absolute Gasteiger partial charge is 0.261 e. The lowest BCUT2D eigenvalue weighted by molar-refractivity contribution is 0.0642. The monoisotopic (exact) mass is 498 g/mol. The summed E-state index contributed by atoms with van der Waals surface area (Å²) in [6, 6.07) is 16.3. The van der Waals surface area contributed by atoms with E-state index in [1.807, 2.05) is 0 Å². The number of hydrogen-bond donors (Lipinski definition) is 1. The van der Waals surface area contributed by atoms with Crippen molar-refractivity contribution in [2.75, 3.05) is 7.11 Å². The highest BCUT2D eigenvalue weighted by molar-refractivity contribution is 6.21. The van der Waals surface area contributed by atoms with Crippen LogP contribution in [0.5, 0.6) is 5.75 Å². The number of ether oxygens (including phenoxy) is 1. The Balaban J connectivity index is 1.31. The number of carbonyl (C=O) groups excluding carboxylic acids is 3. The maximum Gasteiger partial charge on any atom is 0.261 e. The maximum absolute atomic E-state index is 14.7. The Morgan fingerprint density at radius 1 is 1.00 bits per heavy atom. The van der Waals surface area contributed by atoms with Crippen LogP contribution in [0.1, 0.15) is 48.0 Å². The molecule has 37 heavy (non-hydrogen) atoms. The Bertz CT molecular complexity index is 1510. The number of aryl methyl sites for hydroxylation is 1. The summed E-state index contributed by atoms with van der Waals surface area (Å²) >= 11 is 0. The van der Waals surface area contributed by atoms with Crippen LogP contribution in [0.4, 0.5) is 4.39 Å². The van der Waals surface area contributed by atoms with Gasteiger partial charge in [0, 0.05) is 18.9 Å². The lowest BCUT2D eigenvalue weighted by Crippen LogP contribution is -2.29. The first-order valence-electron chi connectivity index (χ1n) is 11.6. The highest BCUT2D eigenvalue weighted by Gasteiger charge is 2.35. The summed E-state index contributed by atoms with van der Waals surface area (Å²) in [5.41, 5.74) is 2.50. The third kappa shape index (κ3) is 4.47. The summed E-state index contributed by atoms with van der Waals surface area (Å²) in [6.07, 6.45) is 3.27. The van der Waals surface area contributed by atoms with Gasteiger partial charge in [-0.05, 0) is 54.4 Å². The van der Waals surface area contributed by atoms with Crippen molar-refractivity contribution in [2.24, 2.45) is 0 Å². The van der Waals surface area contributed by atoms with Gasteiger partial charge in [-0.2, -0.15) is 0 Å². The molecule has 0 unspecified atom stereocenters. The average molecular weight is 499 g/mol. The van der Waals surface area contributed by atoms with E-state index in [-0.39, 0.29) is 30.5 Å². The molecule has 0 saturated carbocycles. The Hall–Kier alpha value is -4.79. The first-order valence-corrected chi connectivity index (χ1v) is 11.6. The zero-order valence-corrected chi connectivity index (χ0v) is 20.2. The van der Waals surface area contributed by atoms with Crippen molar-refractivity contribution in [3.8, 4) is 11.4 Å². The number of rotatable bonds is 7. The number of fused-ring (bicyclic) bond motifs is 1. The van der Waals surface area contributed by atoms with E-state index in [4.69, 9.17) is 4.74 Å². The van der Waals surface area contributed by atoms with Crippen molar-refractivity contribution >= 4 is 17.7 Å². The molecule has 0 atom stereocenters. The van der Waals surface area contributed by atoms with E-state index in [1.165, 1.54) is 13.2 Å². The van der Waals surface area contributed by atoms with Gasteiger partial charge in [0.15, 0.2) is 0 Å². The predicted octanol–water partition coefficient (Wildman–Crippen LogP) is 4.05. The molecule has 1 aliphatic heterocycles. The number of aromatic nitrogens is 2. The van der Waals surface area contributed by atoms with E-state index in [0.29, 0.717) is 39.5 Å². The van der Waals surface area contributed by atoms with Crippen LogP contribution in [-0.2, 0) is 13.1 Å². The molecule has 0 aliphatic carbocycles. The molecule has 8 nitrogen and oxygen atoms in total. The summed E-state index contributed by atoms with van der Waals surface area (Å²) < 4.78 is 21.7. The summed E-state index contributed by atoms with van der Waals surface area (Å²) in [4.78, 5) is 43.7. The molecule has 5 rings (SSSR count). The van der Waals surface area contributed by atoms with E-state index in [0.717, 1.165) is 4.90 Å². The van der Waals surface area contributed by atoms with Crippen LogP contribution in [0.3, 0.4) is 0 Å². The number of nitrogens with zero attached hydrogens (tertiary/aromatic N) is 3. The maximum atomic E-state index is 14.7. The fourth-order valence-corrected chi connectivity index (χ4v) is 4.36. The fraction of sp³-hybridized carbons (Fsp3) is 0.143. The lowest BCUT2D eigenvalue weighted by Gasteiger charge is -2.16. The van der Waals surface area contributed by atoms with E-state index < -0.39 is 11.7 Å². The van der Waals surface area contributed by atoms with Crippen LogP contribution in [0.15, 0.2) is 73.1 Å². The highest BCUT2D eigenvalue weighted by atomic mass is 19.1. The number of benzene rings is 3. The molecular formula is C28H23FN4O4. The average Bonchev–Trinajstić information content (AvgIpc) is 3.44. The van der Waals surface area contributed by atoms with Gasteiger partial charge in [-0.1, -0.05) is 24.3 Å². The topological polar surface area (TPSA) is 93.5 Å². The van der Waals surface area contributed by atoms with Crippen LogP contribution in [-0.4, -0.2) is 39.3 Å². The van der Waals surface area contributed by atoms with E-state index in [2.05, 4.69) is 10.3 Å². The van der Waals surface area contributed by atoms with Gasteiger partial charge in [-0.3, -0.25) is 19.3 Å². The second-order valence-corrected chi connectivity index (χ2v) is 8.59. The van der Waals surface area contributed by atoms with Gasteiger partial charge in [0.2, 0.25) is 0 Å². The molecule has 3 amide bonds. The SMILES string of the molecule is COc1ccc(CN2C(=O)c3ccccc3C2=O)cc1C(=O)NCc1ccc(-n2ccnc2C)c(F)c1. The Labute approximate surface area is 212 Å². The number of amides is 3. The van der Waals surface area contributed by atoms with E-state index in [9.17, 15) is 18.8 Å². The predicted molar refractivity (Wildman–Crippen MR) is 133 cm³/mol. The van der Waals surface area contributed by atoms with E-state index >= 15 is 0 Å². The van der Waals surface area contributed by atoms with Gasteiger partial charge in [0.05, 0.1) is 36.0 Å². The zero-order chi connectivity index (χ0) is 26.1. The number of methoxy groups -OCH3 is 1. The van der Waals surface area contributed by atoms with Crippen LogP contribution in [0, 0.1) is 12.7 Å². The minimum absolute atomic E-state index is 0.0109. The summed E-state index contributed by atoms with van der Waals surface area (Å²) in [7, 11) is 1.45. The Kier molecular flexibility index (Phi) is 6.27. The Morgan fingerprint density at radius 2 is 1.70 bits per heavy atom. The molecular weight excluding hydrogens is 475 g/mol. The molecule has 1 N–H and O–H groups in total. The molecule has 186 valence electrons. The van der Waals surface area contributed by atoms with Crippen LogP contribution in [0.2, 0.25) is 0 Å². The molecule has 1 aromatic heterocycles. The van der Waals surface area contributed by atoms with Crippen molar-refractivity contribution < 1.29 is 23.5 Å². The van der Waals surface area contributed by atoms with Crippen LogP contribution >= 0.6 is 0 Å². The zero-order valence-electron chi connectivity index (χ0n) is 20.2. The van der Waals surface area contributed by atoms with Gasteiger partial charge in [0.25, 0.3) is 17.7 Å². The first kappa shape index (κ1) is 23.9. The van der Waals surface area contributed by atoms with E-state index in [1.54, 1.807) is 78.5 Å². The molecule has 0 spiro atoms. The van der Waals surface area contributed by atoms with Crippen molar-refractivity contribution in [3.05, 3.63) is 113 Å². The molecule has 1 aliphatic rings. The third-order valence-electron chi connectivity index (χ3n) is 6.28. The fourth-order valence-electron chi connectivity index (χ4n) is 4.36. The number of imidazole rings is 1. The van der Waals surface area contributed by atoms with Gasteiger partial charge < -0.3 is 14.6 Å². The molecule has 2 heterocycles. The number of carbonyl (C=O) groups is 3. The van der Waals surface area contributed by atoms with Crippen molar-refractivity contribution in [3.63, 3.8) is 0 Å². The molecule has 0 bridgehead atoms. The lowest BCUT2D eigenvalue weighted by atomic mass is 10.1. The standard InChI is InChI=1S/C28H23FN4O4/c1-17-30-11-12-32(17)24-9-7-18(14-23(24)29)15-31-26(34)22-13-19(8-10-25(22)37-2)16-33-27(35)20-5-3-4-6-21(20)28(33)36/h3-14H,15-16H2,1-2H3,(H,31,34). The summed E-state index contributed by atoms with van der Waals surface area (Å²) in [6.45, 7) is 1.88. The molecule has 0 radical (unpaired) electrons. The molecule has 9 heteroatoms. The molecule has 4 aromatic rings. The van der Waals surface area contributed by atoms with Crippen LogP contribution < -0.4 is 10.1 Å². The second kappa shape index (κ2) is 9.69. The van der Waals surface area contributed by atoms with Gasteiger partial charge in [-0.15, -0.1) is 0 Å². The van der Waals surface area contributed by atoms with Crippen molar-refractivity contribution in [1.29, 1.82) is 0 Å². The van der Waals surface area contributed by atoms with Gasteiger partial charge in [-0.25, -0.2) is 9.37 Å². The highest BCUT2D eigenvalue weighted by Crippen LogP contribution is 2.26. The van der Waals surface area contributed by atoms with Crippen LogP contribution in [0.25, 0.3) is 5.69 Å². The Morgan fingerprint density at radius 3 is 2.32 bits per heavy atom. The molecule has 3 aromatic carbocycles. The minimum atomic E-state index is -0.437. The van der Waals surface area contributed by atoms with Crippen molar-refractivity contribution in [2.45, 2.75) is 20.0 Å². The number of halogens is 1. The third-order valence-corrected chi connectivity index (χ3v) is 6.28. The number of nitrogens with one attached hydrogen (secondary N) is 1. The second-order valence-electron chi connectivity index (χ2n) is 8.59. The normalized spacial score (nSPS) is 12.6. The van der Waals surface area contributed by atoms with Gasteiger partial charge >= 0.3 is 0 Å². The minimum Gasteiger partial charge on any atom is -0.496 e. The first-order chi connectivity index (χ1) is 17.9. The summed E-state index contributed by atoms with van der Waals surface area (Å²) in [5.74, 6) is -0.629. The van der Waals surface area contributed by atoms with Crippen molar-refractivity contribution in [1.82, 2.24) is 19.8 Å².